The minimum absolute atomic E-state index is 0.0243. The maximum Gasteiger partial charge on any atom is 0.224 e. The molecule has 1 atom stereocenters. The van der Waals surface area contributed by atoms with Gasteiger partial charge in [-0.15, -0.1) is 0 Å². The number of benzene rings is 1. The maximum absolute atomic E-state index is 12.4. The van der Waals surface area contributed by atoms with E-state index in [1.807, 2.05) is 24.3 Å². The average molecular weight is 346 g/mol. The Morgan fingerprint density at radius 3 is 2.52 bits per heavy atom. The van der Waals surface area contributed by atoms with Crippen molar-refractivity contribution in [3.8, 4) is 5.75 Å². The van der Waals surface area contributed by atoms with Crippen LogP contribution in [-0.2, 0) is 11.3 Å². The summed E-state index contributed by atoms with van der Waals surface area (Å²) < 4.78 is 5.37. The van der Waals surface area contributed by atoms with Crippen LogP contribution in [-0.4, -0.2) is 47.8 Å². The SMILES string of the molecule is O=C1CC(NCc2ccc(OCCO)cc2)CN1C1CCCCCC1. The highest BCUT2D eigenvalue weighted by Gasteiger charge is 2.33. The fourth-order valence-electron chi connectivity index (χ4n) is 3.92. The van der Waals surface area contributed by atoms with Crippen LogP contribution in [0.2, 0.25) is 0 Å². The van der Waals surface area contributed by atoms with E-state index in [1.54, 1.807) is 0 Å². The van der Waals surface area contributed by atoms with Crippen molar-refractivity contribution in [1.29, 1.82) is 0 Å². The minimum Gasteiger partial charge on any atom is -0.491 e. The summed E-state index contributed by atoms with van der Waals surface area (Å²) >= 11 is 0. The van der Waals surface area contributed by atoms with Crippen LogP contribution in [0.15, 0.2) is 24.3 Å². The van der Waals surface area contributed by atoms with Gasteiger partial charge in [-0.3, -0.25) is 4.79 Å². The van der Waals surface area contributed by atoms with Crippen LogP contribution in [0.4, 0.5) is 0 Å². The molecule has 2 aliphatic rings. The number of amides is 1. The predicted octanol–water partition coefficient (Wildman–Crippen LogP) is 2.47. The molecule has 1 saturated carbocycles. The van der Waals surface area contributed by atoms with Gasteiger partial charge in [-0.1, -0.05) is 37.8 Å². The molecule has 1 aromatic carbocycles. The average Bonchev–Trinajstić information content (AvgIpc) is 2.84. The highest BCUT2D eigenvalue weighted by atomic mass is 16.5. The van der Waals surface area contributed by atoms with E-state index in [1.165, 1.54) is 44.1 Å². The van der Waals surface area contributed by atoms with Crippen LogP contribution in [0.25, 0.3) is 0 Å². The normalized spacial score (nSPS) is 22.2. The Labute approximate surface area is 150 Å². The third-order valence-corrected chi connectivity index (χ3v) is 5.30. The van der Waals surface area contributed by atoms with E-state index in [4.69, 9.17) is 9.84 Å². The minimum atomic E-state index is 0.0243. The summed E-state index contributed by atoms with van der Waals surface area (Å²) in [6.45, 7) is 1.95. The van der Waals surface area contributed by atoms with Crippen LogP contribution in [0.5, 0.6) is 5.75 Å². The third kappa shape index (κ3) is 5.19. The molecule has 5 nitrogen and oxygen atoms in total. The molecule has 2 fully saturated rings. The van der Waals surface area contributed by atoms with E-state index >= 15 is 0 Å². The van der Waals surface area contributed by atoms with E-state index in [0.29, 0.717) is 25.0 Å². The second kappa shape index (κ2) is 9.20. The lowest BCUT2D eigenvalue weighted by molar-refractivity contribution is -0.129. The topological polar surface area (TPSA) is 61.8 Å². The number of hydrogen-bond donors (Lipinski definition) is 2. The number of aliphatic hydroxyl groups excluding tert-OH is 1. The first kappa shape index (κ1) is 18.2. The summed E-state index contributed by atoms with van der Waals surface area (Å²) in [6.07, 6.45) is 8.13. The van der Waals surface area contributed by atoms with Gasteiger partial charge in [0.1, 0.15) is 12.4 Å². The molecule has 138 valence electrons. The zero-order valence-corrected chi connectivity index (χ0v) is 15.0. The molecule has 1 aliphatic carbocycles. The lowest BCUT2D eigenvalue weighted by Gasteiger charge is -2.27. The lowest BCUT2D eigenvalue weighted by atomic mass is 10.1. The molecular weight excluding hydrogens is 316 g/mol. The van der Waals surface area contributed by atoms with Crippen molar-refractivity contribution in [3.05, 3.63) is 29.8 Å². The summed E-state index contributed by atoms with van der Waals surface area (Å²) in [4.78, 5) is 14.5. The smallest absolute Gasteiger partial charge is 0.224 e. The quantitative estimate of drug-likeness (QED) is 0.745. The summed E-state index contributed by atoms with van der Waals surface area (Å²) in [6, 6.07) is 8.61. The van der Waals surface area contributed by atoms with Crippen molar-refractivity contribution >= 4 is 5.91 Å². The number of rotatable bonds is 7. The molecule has 0 bridgehead atoms. The van der Waals surface area contributed by atoms with Gasteiger partial charge in [-0.25, -0.2) is 0 Å². The number of hydrogen-bond acceptors (Lipinski definition) is 4. The van der Waals surface area contributed by atoms with Gasteiger partial charge in [0.05, 0.1) is 6.61 Å². The highest BCUT2D eigenvalue weighted by molar-refractivity contribution is 5.79. The Hall–Kier alpha value is -1.59. The van der Waals surface area contributed by atoms with Crippen LogP contribution in [0.1, 0.15) is 50.5 Å². The Bertz CT molecular complexity index is 538. The highest BCUT2D eigenvalue weighted by Crippen LogP contribution is 2.26. The Kier molecular flexibility index (Phi) is 6.70. The standard InChI is InChI=1S/C20H30N2O3/c23-11-12-25-19-9-7-16(8-10-19)14-21-17-13-20(24)22(15-17)18-5-3-1-2-4-6-18/h7-10,17-18,21,23H,1-6,11-15H2. The van der Waals surface area contributed by atoms with Gasteiger partial charge >= 0.3 is 0 Å². The van der Waals surface area contributed by atoms with Gasteiger partial charge in [0.25, 0.3) is 0 Å². The molecule has 1 aliphatic heterocycles. The Morgan fingerprint density at radius 2 is 1.84 bits per heavy atom. The van der Waals surface area contributed by atoms with E-state index in [0.717, 1.165) is 18.8 Å². The van der Waals surface area contributed by atoms with Crippen molar-refractivity contribution in [2.75, 3.05) is 19.8 Å². The molecule has 1 unspecified atom stereocenters. The fraction of sp³-hybridized carbons (Fsp3) is 0.650. The zero-order chi connectivity index (χ0) is 17.5. The summed E-state index contributed by atoms with van der Waals surface area (Å²) in [5.74, 6) is 1.09. The lowest BCUT2D eigenvalue weighted by Crippen LogP contribution is -2.38. The first-order valence-electron chi connectivity index (χ1n) is 9.61. The van der Waals surface area contributed by atoms with Crippen molar-refractivity contribution in [2.45, 2.75) is 63.6 Å². The molecule has 1 saturated heterocycles. The molecule has 2 N–H and O–H groups in total. The van der Waals surface area contributed by atoms with Crippen LogP contribution >= 0.6 is 0 Å². The molecular formula is C20H30N2O3. The molecule has 1 aromatic rings. The number of aliphatic hydroxyl groups is 1. The van der Waals surface area contributed by atoms with Crippen molar-refractivity contribution in [1.82, 2.24) is 10.2 Å². The van der Waals surface area contributed by atoms with Crippen LogP contribution in [0.3, 0.4) is 0 Å². The monoisotopic (exact) mass is 346 g/mol. The number of carbonyl (C=O) groups excluding carboxylic acids is 1. The summed E-state index contributed by atoms with van der Waals surface area (Å²) in [7, 11) is 0. The number of nitrogens with zero attached hydrogens (tertiary/aromatic N) is 1. The van der Waals surface area contributed by atoms with Crippen LogP contribution in [0, 0.1) is 0 Å². The van der Waals surface area contributed by atoms with Crippen molar-refractivity contribution < 1.29 is 14.6 Å². The zero-order valence-electron chi connectivity index (χ0n) is 15.0. The van der Waals surface area contributed by atoms with Gasteiger partial charge in [0.15, 0.2) is 0 Å². The predicted molar refractivity (Wildman–Crippen MR) is 97.5 cm³/mol. The van der Waals surface area contributed by atoms with Gasteiger partial charge < -0.3 is 20.1 Å². The van der Waals surface area contributed by atoms with E-state index in [-0.39, 0.29) is 12.6 Å². The second-order valence-corrected chi connectivity index (χ2v) is 7.19. The molecule has 3 rings (SSSR count). The number of nitrogens with one attached hydrogen (secondary N) is 1. The van der Waals surface area contributed by atoms with Gasteiger partial charge in [0.2, 0.25) is 5.91 Å². The molecule has 0 radical (unpaired) electrons. The molecule has 0 spiro atoms. The first-order valence-corrected chi connectivity index (χ1v) is 9.61. The molecule has 25 heavy (non-hydrogen) atoms. The van der Waals surface area contributed by atoms with Crippen molar-refractivity contribution in [2.24, 2.45) is 0 Å². The van der Waals surface area contributed by atoms with Crippen molar-refractivity contribution in [3.63, 3.8) is 0 Å². The van der Waals surface area contributed by atoms with Crippen LogP contribution < -0.4 is 10.1 Å². The fourth-order valence-corrected chi connectivity index (χ4v) is 3.92. The van der Waals surface area contributed by atoms with E-state index in [2.05, 4.69) is 10.2 Å². The second-order valence-electron chi connectivity index (χ2n) is 7.19. The Morgan fingerprint density at radius 1 is 1.12 bits per heavy atom. The molecule has 1 amide bonds. The van der Waals surface area contributed by atoms with Gasteiger partial charge in [0, 0.05) is 31.6 Å². The van der Waals surface area contributed by atoms with Gasteiger partial charge in [-0.05, 0) is 30.5 Å². The third-order valence-electron chi connectivity index (χ3n) is 5.30. The largest absolute Gasteiger partial charge is 0.491 e. The van der Waals surface area contributed by atoms with Gasteiger partial charge in [-0.2, -0.15) is 0 Å². The first-order chi connectivity index (χ1) is 12.3. The van der Waals surface area contributed by atoms with E-state index < -0.39 is 0 Å². The number of ether oxygens (including phenoxy) is 1. The van der Waals surface area contributed by atoms with E-state index in [9.17, 15) is 4.79 Å². The Balaban J connectivity index is 1.46. The summed E-state index contributed by atoms with van der Waals surface area (Å²) in [5.41, 5.74) is 1.18. The molecule has 5 heteroatoms. The maximum atomic E-state index is 12.4. The molecule has 1 heterocycles. The number of likely N-dealkylation sites (tertiary alicyclic amines) is 1. The number of carbonyl (C=O) groups is 1. The molecule has 0 aromatic heterocycles. The summed E-state index contributed by atoms with van der Waals surface area (Å²) in [5, 5.41) is 12.3.